The van der Waals surface area contributed by atoms with Gasteiger partial charge in [0, 0.05) is 4.88 Å². The molecule has 3 heteroatoms. The molecular formula is C26H26ClPS. The zero-order chi connectivity index (χ0) is 19.2. The van der Waals surface area contributed by atoms with Gasteiger partial charge in [-0.2, -0.15) is 0 Å². The van der Waals surface area contributed by atoms with Gasteiger partial charge in [0.1, 0.15) is 23.2 Å². The Labute approximate surface area is 185 Å². The molecule has 0 atom stereocenters. The van der Waals surface area contributed by atoms with Crippen LogP contribution in [0.4, 0.5) is 0 Å². The lowest BCUT2D eigenvalue weighted by Gasteiger charge is -2.27. The molecule has 0 N–H and O–H groups in total. The van der Waals surface area contributed by atoms with Gasteiger partial charge in [0.15, 0.2) is 0 Å². The summed E-state index contributed by atoms with van der Waals surface area (Å²) < 4.78 is 0. The summed E-state index contributed by atoms with van der Waals surface area (Å²) in [4.78, 5) is 1.50. The van der Waals surface area contributed by atoms with E-state index < -0.39 is 7.26 Å². The third-order valence-corrected chi connectivity index (χ3v) is 10.9. The van der Waals surface area contributed by atoms with Crippen molar-refractivity contribution in [3.8, 4) is 0 Å². The van der Waals surface area contributed by atoms with Gasteiger partial charge in [-0.25, -0.2) is 0 Å². The lowest BCUT2D eigenvalue weighted by molar-refractivity contribution is -0.00000546. The van der Waals surface area contributed by atoms with Crippen molar-refractivity contribution in [2.24, 2.45) is 0 Å². The molecule has 4 rings (SSSR count). The molecule has 0 aliphatic heterocycles. The fourth-order valence-corrected chi connectivity index (χ4v) is 9.26. The van der Waals surface area contributed by atoms with Gasteiger partial charge in [-0.15, -0.1) is 11.3 Å². The highest BCUT2D eigenvalue weighted by Crippen LogP contribution is 2.55. The zero-order valence-corrected chi connectivity index (χ0v) is 19.1. The van der Waals surface area contributed by atoms with Crippen molar-refractivity contribution < 1.29 is 12.4 Å². The van der Waals surface area contributed by atoms with Crippen LogP contribution in [0, 0.1) is 6.92 Å². The number of aryl methyl sites for hydroxylation is 2. The molecular weight excluding hydrogens is 411 g/mol. The molecule has 0 fully saturated rings. The lowest BCUT2D eigenvalue weighted by Crippen LogP contribution is -3.00. The maximum absolute atomic E-state index is 2.35. The monoisotopic (exact) mass is 436 g/mol. The fourth-order valence-electron chi connectivity index (χ4n) is 3.99. The Hall–Kier alpha value is -1.92. The van der Waals surface area contributed by atoms with Crippen molar-refractivity contribution in [1.82, 2.24) is 0 Å². The Morgan fingerprint density at radius 3 is 1.52 bits per heavy atom. The van der Waals surface area contributed by atoms with E-state index in [2.05, 4.69) is 109 Å². The molecule has 3 aromatic carbocycles. The summed E-state index contributed by atoms with van der Waals surface area (Å²) in [5, 5.41) is 6.71. The second kappa shape index (κ2) is 10.2. The molecule has 0 amide bonds. The van der Waals surface area contributed by atoms with Crippen molar-refractivity contribution in [3.63, 3.8) is 0 Å². The highest BCUT2D eigenvalue weighted by molar-refractivity contribution is 7.95. The van der Waals surface area contributed by atoms with Crippen LogP contribution >= 0.6 is 18.6 Å². The van der Waals surface area contributed by atoms with Crippen molar-refractivity contribution in [2.45, 2.75) is 19.8 Å². The Kier molecular flexibility index (Phi) is 7.67. The van der Waals surface area contributed by atoms with Crippen LogP contribution in [0.5, 0.6) is 0 Å². The average molecular weight is 437 g/mol. The number of benzene rings is 3. The van der Waals surface area contributed by atoms with E-state index in [1.807, 2.05) is 11.3 Å². The summed E-state index contributed by atoms with van der Waals surface area (Å²) >= 11 is 1.90. The molecule has 1 heterocycles. The van der Waals surface area contributed by atoms with Gasteiger partial charge in [0.2, 0.25) is 0 Å². The van der Waals surface area contributed by atoms with Crippen molar-refractivity contribution in [2.75, 3.05) is 6.16 Å². The Bertz CT molecular complexity index is 900. The summed E-state index contributed by atoms with van der Waals surface area (Å²) in [6.45, 7) is 2.19. The molecule has 0 nitrogen and oxygen atoms in total. The zero-order valence-electron chi connectivity index (χ0n) is 16.7. The number of rotatable bonds is 7. The Morgan fingerprint density at radius 2 is 1.14 bits per heavy atom. The van der Waals surface area contributed by atoms with Crippen LogP contribution in [0.2, 0.25) is 0 Å². The van der Waals surface area contributed by atoms with E-state index in [4.69, 9.17) is 0 Å². The summed E-state index contributed by atoms with van der Waals surface area (Å²) in [6, 6.07) is 35.9. The molecule has 0 aliphatic carbocycles. The molecule has 0 aliphatic rings. The smallest absolute Gasteiger partial charge is 0.112 e. The maximum atomic E-state index is 2.35. The van der Waals surface area contributed by atoms with Gasteiger partial charge in [0.25, 0.3) is 0 Å². The van der Waals surface area contributed by atoms with Crippen LogP contribution in [-0.2, 0) is 6.42 Å². The third-order valence-electron chi connectivity index (χ3n) is 5.29. The first-order valence-electron chi connectivity index (χ1n) is 9.88. The highest BCUT2D eigenvalue weighted by Gasteiger charge is 2.44. The Morgan fingerprint density at radius 1 is 0.690 bits per heavy atom. The summed E-state index contributed by atoms with van der Waals surface area (Å²) in [5.74, 6) is 0. The van der Waals surface area contributed by atoms with Gasteiger partial charge in [-0.3, -0.25) is 0 Å². The number of hydrogen-bond donors (Lipinski definition) is 0. The third kappa shape index (κ3) is 4.81. The number of thiophene rings is 1. The van der Waals surface area contributed by atoms with E-state index in [-0.39, 0.29) is 12.4 Å². The van der Waals surface area contributed by atoms with E-state index in [0.717, 1.165) is 6.42 Å². The van der Waals surface area contributed by atoms with E-state index in [1.54, 1.807) is 0 Å². The molecule has 0 bridgehead atoms. The average Bonchev–Trinajstić information content (AvgIpc) is 3.18. The minimum absolute atomic E-state index is 0. The molecule has 0 unspecified atom stereocenters. The molecule has 4 aromatic rings. The van der Waals surface area contributed by atoms with E-state index in [1.165, 1.54) is 38.9 Å². The van der Waals surface area contributed by atoms with E-state index in [9.17, 15) is 0 Å². The molecule has 0 saturated carbocycles. The lowest BCUT2D eigenvalue weighted by atomic mass is 10.2. The SMILES string of the molecule is Cc1csc(CCC[P+](c2ccccc2)(c2ccccc2)c2ccccc2)c1.[Cl-]. The number of halogens is 1. The quantitative estimate of drug-likeness (QED) is 0.391. The maximum Gasteiger partial charge on any atom is 0.112 e. The highest BCUT2D eigenvalue weighted by atomic mass is 35.5. The summed E-state index contributed by atoms with van der Waals surface area (Å²) in [7, 11) is -1.68. The Balaban J connectivity index is 0.00000240. The molecule has 0 radical (unpaired) electrons. The first-order chi connectivity index (χ1) is 13.8. The van der Waals surface area contributed by atoms with Gasteiger partial charge >= 0.3 is 0 Å². The van der Waals surface area contributed by atoms with Gasteiger partial charge in [-0.1, -0.05) is 54.6 Å². The van der Waals surface area contributed by atoms with Crippen molar-refractivity contribution in [3.05, 3.63) is 113 Å². The number of hydrogen-bond acceptors (Lipinski definition) is 1. The van der Waals surface area contributed by atoms with Crippen LogP contribution < -0.4 is 28.3 Å². The van der Waals surface area contributed by atoms with E-state index in [0.29, 0.717) is 0 Å². The molecule has 0 saturated heterocycles. The van der Waals surface area contributed by atoms with E-state index >= 15 is 0 Å². The predicted octanol–water partition coefficient (Wildman–Crippen LogP) is 2.99. The van der Waals surface area contributed by atoms with Crippen LogP contribution in [0.25, 0.3) is 0 Å². The molecule has 148 valence electrons. The van der Waals surface area contributed by atoms with Crippen LogP contribution in [0.3, 0.4) is 0 Å². The minimum atomic E-state index is -1.68. The predicted molar refractivity (Wildman–Crippen MR) is 127 cm³/mol. The van der Waals surface area contributed by atoms with Gasteiger partial charge in [-0.05, 0) is 73.2 Å². The van der Waals surface area contributed by atoms with Crippen molar-refractivity contribution >= 4 is 34.5 Å². The second-order valence-electron chi connectivity index (χ2n) is 7.23. The summed E-state index contributed by atoms with van der Waals surface area (Å²) in [5.41, 5.74) is 1.38. The van der Waals surface area contributed by atoms with Crippen molar-refractivity contribution in [1.29, 1.82) is 0 Å². The van der Waals surface area contributed by atoms with Gasteiger partial charge in [0.05, 0.1) is 6.16 Å². The minimum Gasteiger partial charge on any atom is -1.00 e. The summed E-state index contributed by atoms with van der Waals surface area (Å²) in [6.07, 6.45) is 3.56. The first-order valence-corrected chi connectivity index (χ1v) is 12.7. The largest absolute Gasteiger partial charge is 1.00 e. The molecule has 29 heavy (non-hydrogen) atoms. The first kappa shape index (κ1) is 21.8. The standard InChI is InChI=1S/C26H26PS.ClH/c1-22-20-26(28-21-22)18-11-19-27(23-12-5-2-6-13-23,24-14-7-3-8-15-24)25-16-9-4-10-17-25;/h2-10,12-17,20-21H,11,18-19H2,1H3;1H/q+1;/p-1. The fraction of sp³-hybridized carbons (Fsp3) is 0.154. The van der Waals surface area contributed by atoms with Crippen LogP contribution in [0.1, 0.15) is 16.9 Å². The topological polar surface area (TPSA) is 0 Å². The van der Waals surface area contributed by atoms with Crippen LogP contribution in [-0.4, -0.2) is 6.16 Å². The molecule has 0 spiro atoms. The van der Waals surface area contributed by atoms with Crippen LogP contribution in [0.15, 0.2) is 102 Å². The normalized spacial score (nSPS) is 11.1. The van der Waals surface area contributed by atoms with Gasteiger partial charge < -0.3 is 12.4 Å². The molecule has 1 aromatic heterocycles. The second-order valence-corrected chi connectivity index (χ2v) is 11.8.